The Morgan fingerprint density at radius 1 is 1.47 bits per heavy atom. The van der Waals surface area contributed by atoms with Gasteiger partial charge in [0.15, 0.2) is 0 Å². The molecule has 1 aliphatic heterocycles. The SMILES string of the molecule is CCOCCN1CCN(Cc2nnsc2Cl)C[C@H]1C. The number of piperazine rings is 1. The first-order chi connectivity index (χ1) is 9.20. The first kappa shape index (κ1) is 15.1. The van der Waals surface area contributed by atoms with Gasteiger partial charge in [0.25, 0.3) is 0 Å². The number of aromatic nitrogens is 2. The van der Waals surface area contributed by atoms with Crippen molar-refractivity contribution in [2.24, 2.45) is 0 Å². The van der Waals surface area contributed by atoms with Crippen molar-refractivity contribution in [1.29, 1.82) is 0 Å². The molecule has 1 fully saturated rings. The largest absolute Gasteiger partial charge is 0.380 e. The lowest BCUT2D eigenvalue weighted by atomic mass is 10.2. The van der Waals surface area contributed by atoms with E-state index in [2.05, 4.69) is 26.3 Å². The summed E-state index contributed by atoms with van der Waals surface area (Å²) >= 11 is 7.31. The summed E-state index contributed by atoms with van der Waals surface area (Å²) in [5, 5.41) is 4.08. The minimum absolute atomic E-state index is 0.541. The fourth-order valence-corrected chi connectivity index (χ4v) is 2.99. The van der Waals surface area contributed by atoms with Gasteiger partial charge in [-0.25, -0.2) is 0 Å². The maximum Gasteiger partial charge on any atom is 0.138 e. The van der Waals surface area contributed by atoms with Crippen LogP contribution < -0.4 is 0 Å². The normalized spacial score (nSPS) is 21.9. The zero-order valence-electron chi connectivity index (χ0n) is 11.5. The molecule has 0 unspecified atom stereocenters. The van der Waals surface area contributed by atoms with E-state index in [-0.39, 0.29) is 0 Å². The third kappa shape index (κ3) is 4.36. The molecule has 0 aromatic carbocycles. The lowest BCUT2D eigenvalue weighted by Crippen LogP contribution is -2.52. The number of rotatable bonds is 6. The van der Waals surface area contributed by atoms with Crippen LogP contribution in [0.4, 0.5) is 0 Å². The Morgan fingerprint density at radius 3 is 2.95 bits per heavy atom. The summed E-state index contributed by atoms with van der Waals surface area (Å²) in [7, 11) is 0. The van der Waals surface area contributed by atoms with Crippen LogP contribution in [0.1, 0.15) is 19.5 Å². The molecule has 1 aromatic heterocycles. The van der Waals surface area contributed by atoms with Gasteiger partial charge in [-0.05, 0) is 13.8 Å². The van der Waals surface area contributed by atoms with E-state index in [1.54, 1.807) is 0 Å². The predicted molar refractivity (Wildman–Crippen MR) is 77.7 cm³/mol. The summed E-state index contributed by atoms with van der Waals surface area (Å²) in [6.07, 6.45) is 0. The van der Waals surface area contributed by atoms with Gasteiger partial charge in [0.1, 0.15) is 10.0 Å². The first-order valence-corrected chi connectivity index (χ1v) is 7.86. The fourth-order valence-electron chi connectivity index (χ4n) is 2.38. The minimum atomic E-state index is 0.541. The second kappa shape index (κ2) is 7.50. The molecule has 0 radical (unpaired) electrons. The molecule has 1 aliphatic rings. The summed E-state index contributed by atoms with van der Waals surface area (Å²) in [6, 6.07) is 0.541. The summed E-state index contributed by atoms with van der Waals surface area (Å²) in [6.45, 7) is 10.9. The lowest BCUT2D eigenvalue weighted by molar-refractivity contribution is 0.0462. The van der Waals surface area contributed by atoms with Crippen molar-refractivity contribution in [3.05, 3.63) is 10.0 Å². The Morgan fingerprint density at radius 2 is 2.32 bits per heavy atom. The Kier molecular flexibility index (Phi) is 5.97. The second-order valence-electron chi connectivity index (χ2n) is 4.81. The van der Waals surface area contributed by atoms with Gasteiger partial charge in [0.2, 0.25) is 0 Å². The molecular weight excluding hydrogens is 284 g/mol. The molecule has 7 heteroatoms. The molecule has 108 valence electrons. The van der Waals surface area contributed by atoms with Gasteiger partial charge in [0, 0.05) is 56.9 Å². The fraction of sp³-hybridized carbons (Fsp3) is 0.833. The molecule has 2 rings (SSSR count). The van der Waals surface area contributed by atoms with Crippen molar-refractivity contribution in [3.8, 4) is 0 Å². The van der Waals surface area contributed by atoms with Crippen LogP contribution in [0.2, 0.25) is 4.34 Å². The predicted octanol–water partition coefficient (Wildman–Crippen LogP) is 1.73. The van der Waals surface area contributed by atoms with Crippen molar-refractivity contribution in [2.75, 3.05) is 39.4 Å². The van der Waals surface area contributed by atoms with Crippen LogP contribution in [0.15, 0.2) is 0 Å². The maximum absolute atomic E-state index is 6.05. The Labute approximate surface area is 123 Å². The highest BCUT2D eigenvalue weighted by Gasteiger charge is 2.24. The smallest absolute Gasteiger partial charge is 0.138 e. The van der Waals surface area contributed by atoms with Gasteiger partial charge in [-0.2, -0.15) is 0 Å². The van der Waals surface area contributed by atoms with Crippen molar-refractivity contribution in [3.63, 3.8) is 0 Å². The molecule has 5 nitrogen and oxygen atoms in total. The van der Waals surface area contributed by atoms with E-state index >= 15 is 0 Å². The van der Waals surface area contributed by atoms with E-state index in [4.69, 9.17) is 16.3 Å². The van der Waals surface area contributed by atoms with E-state index in [0.717, 1.165) is 51.6 Å². The maximum atomic E-state index is 6.05. The average molecular weight is 305 g/mol. The van der Waals surface area contributed by atoms with Crippen LogP contribution in [0, 0.1) is 0 Å². The van der Waals surface area contributed by atoms with E-state index in [9.17, 15) is 0 Å². The van der Waals surface area contributed by atoms with E-state index in [1.807, 2.05) is 6.92 Å². The zero-order valence-corrected chi connectivity index (χ0v) is 13.1. The molecule has 0 aliphatic carbocycles. The Hall–Kier alpha value is -0.270. The van der Waals surface area contributed by atoms with E-state index < -0.39 is 0 Å². The Bertz CT molecular complexity index is 390. The lowest BCUT2D eigenvalue weighted by Gasteiger charge is -2.39. The molecule has 1 saturated heterocycles. The van der Waals surface area contributed by atoms with Gasteiger partial charge in [-0.3, -0.25) is 9.80 Å². The summed E-state index contributed by atoms with van der Waals surface area (Å²) < 4.78 is 10.0. The van der Waals surface area contributed by atoms with Crippen molar-refractivity contribution >= 4 is 23.1 Å². The highest BCUT2D eigenvalue weighted by molar-refractivity contribution is 7.10. The third-order valence-electron chi connectivity index (χ3n) is 3.46. The molecule has 0 spiro atoms. The quantitative estimate of drug-likeness (QED) is 0.749. The molecule has 0 amide bonds. The third-order valence-corrected chi connectivity index (χ3v) is 4.44. The molecule has 0 bridgehead atoms. The van der Waals surface area contributed by atoms with Gasteiger partial charge in [-0.1, -0.05) is 16.1 Å². The number of hydrogen-bond donors (Lipinski definition) is 0. The van der Waals surface area contributed by atoms with Crippen molar-refractivity contribution in [2.45, 2.75) is 26.4 Å². The zero-order chi connectivity index (χ0) is 13.7. The number of halogens is 1. The molecule has 1 atom stereocenters. The van der Waals surface area contributed by atoms with Crippen LogP contribution in [0.3, 0.4) is 0 Å². The van der Waals surface area contributed by atoms with Gasteiger partial charge in [0.05, 0.1) is 6.61 Å². The second-order valence-corrected chi connectivity index (χ2v) is 6.17. The van der Waals surface area contributed by atoms with E-state index in [0.29, 0.717) is 10.4 Å². The number of hydrogen-bond acceptors (Lipinski definition) is 6. The summed E-state index contributed by atoms with van der Waals surface area (Å²) in [4.78, 5) is 4.87. The van der Waals surface area contributed by atoms with Crippen LogP contribution in [-0.4, -0.2) is 64.8 Å². The Balaban J connectivity index is 1.78. The van der Waals surface area contributed by atoms with Gasteiger partial charge < -0.3 is 4.74 Å². The number of nitrogens with zero attached hydrogens (tertiary/aromatic N) is 4. The first-order valence-electron chi connectivity index (χ1n) is 6.71. The van der Waals surface area contributed by atoms with Crippen LogP contribution in [-0.2, 0) is 11.3 Å². The highest BCUT2D eigenvalue weighted by Crippen LogP contribution is 2.20. The summed E-state index contributed by atoms with van der Waals surface area (Å²) in [5.74, 6) is 0. The number of ether oxygens (including phenoxy) is 1. The average Bonchev–Trinajstić information content (AvgIpc) is 2.78. The monoisotopic (exact) mass is 304 g/mol. The molecular formula is C12H21ClN4OS. The van der Waals surface area contributed by atoms with E-state index in [1.165, 1.54) is 11.5 Å². The topological polar surface area (TPSA) is 41.5 Å². The van der Waals surface area contributed by atoms with Gasteiger partial charge in [-0.15, -0.1) is 5.10 Å². The molecule has 0 N–H and O–H groups in total. The standard InChI is InChI=1S/C12H21ClN4OS/c1-3-18-7-6-17-5-4-16(8-10(17)2)9-11-12(13)19-15-14-11/h10H,3-9H2,1-2H3/t10-/m1/s1. The highest BCUT2D eigenvalue weighted by atomic mass is 35.5. The minimum Gasteiger partial charge on any atom is -0.380 e. The molecule has 2 heterocycles. The van der Waals surface area contributed by atoms with Crippen LogP contribution in [0.25, 0.3) is 0 Å². The molecule has 0 saturated carbocycles. The summed E-state index contributed by atoms with van der Waals surface area (Å²) in [5.41, 5.74) is 0.904. The van der Waals surface area contributed by atoms with Crippen LogP contribution in [0.5, 0.6) is 0 Å². The molecule has 19 heavy (non-hydrogen) atoms. The van der Waals surface area contributed by atoms with Crippen molar-refractivity contribution < 1.29 is 4.74 Å². The van der Waals surface area contributed by atoms with Crippen molar-refractivity contribution in [1.82, 2.24) is 19.4 Å². The van der Waals surface area contributed by atoms with Crippen LogP contribution >= 0.6 is 23.1 Å². The van der Waals surface area contributed by atoms with Gasteiger partial charge >= 0.3 is 0 Å². The molecule has 1 aromatic rings.